The predicted molar refractivity (Wildman–Crippen MR) is 145 cm³/mol. The number of carbonyl (C=O) groups is 2. The molecule has 4 rings (SSSR count). The molecule has 1 heterocycles. The Balaban J connectivity index is 1.72. The highest BCUT2D eigenvalue weighted by Crippen LogP contribution is 2.28. The second-order valence-corrected chi connectivity index (χ2v) is 11.3. The van der Waals surface area contributed by atoms with Crippen LogP contribution in [0.25, 0.3) is 21.0 Å². The number of sulfonamides is 1. The molecule has 0 fully saturated rings. The quantitative estimate of drug-likeness (QED) is 0.284. The lowest BCUT2D eigenvalue weighted by Crippen LogP contribution is -2.32. The smallest absolute Gasteiger partial charge is 0.325 e. The van der Waals surface area contributed by atoms with E-state index in [1.54, 1.807) is 4.57 Å². The number of aromatic nitrogens is 1. The summed E-state index contributed by atoms with van der Waals surface area (Å²) < 4.78 is 34.5. The highest BCUT2D eigenvalue weighted by atomic mass is 32.2. The van der Waals surface area contributed by atoms with Gasteiger partial charge >= 0.3 is 5.97 Å². The van der Waals surface area contributed by atoms with Crippen molar-refractivity contribution < 1.29 is 22.7 Å². The number of nitrogens with zero attached hydrogens (tertiary/aromatic N) is 5. The van der Waals surface area contributed by atoms with E-state index >= 15 is 0 Å². The molecule has 12 heteroatoms. The molecule has 39 heavy (non-hydrogen) atoms. The zero-order chi connectivity index (χ0) is 28.0. The van der Waals surface area contributed by atoms with Crippen LogP contribution in [0.2, 0.25) is 0 Å². The summed E-state index contributed by atoms with van der Waals surface area (Å²) in [4.78, 5) is 29.8. The largest absolute Gasteiger partial charge is 0.468 e. The third-order valence-corrected chi connectivity index (χ3v) is 9.01. The van der Waals surface area contributed by atoms with E-state index in [-0.39, 0.29) is 42.9 Å². The molecule has 10 nitrogen and oxygen atoms in total. The normalized spacial score (nSPS) is 11.9. The van der Waals surface area contributed by atoms with Crippen LogP contribution in [0.5, 0.6) is 0 Å². The van der Waals surface area contributed by atoms with Crippen LogP contribution in [-0.4, -0.2) is 49.4 Å². The van der Waals surface area contributed by atoms with Crippen molar-refractivity contribution in [2.24, 2.45) is 4.99 Å². The molecule has 0 aliphatic heterocycles. The maximum absolute atomic E-state index is 13.1. The summed E-state index contributed by atoms with van der Waals surface area (Å²) in [7, 11) is -2.69. The van der Waals surface area contributed by atoms with Gasteiger partial charge in [0.1, 0.15) is 6.54 Å². The lowest BCUT2D eigenvalue weighted by molar-refractivity contribution is -0.141. The predicted octanol–water partition coefficient (Wildman–Crippen LogP) is 3.59. The summed E-state index contributed by atoms with van der Waals surface area (Å²) in [5, 5.41) is 19.7. The number of ether oxygens (including phenoxy) is 1. The number of amides is 1. The van der Waals surface area contributed by atoms with Crippen LogP contribution in [0, 0.1) is 22.7 Å². The van der Waals surface area contributed by atoms with Gasteiger partial charge in [-0.25, -0.2) is 8.42 Å². The fourth-order valence-corrected chi connectivity index (χ4v) is 6.61. The van der Waals surface area contributed by atoms with Crippen LogP contribution in [-0.2, 0) is 26.1 Å². The van der Waals surface area contributed by atoms with Gasteiger partial charge in [-0.3, -0.25) is 9.59 Å². The van der Waals surface area contributed by atoms with Crippen molar-refractivity contribution in [3.05, 3.63) is 71.0 Å². The minimum absolute atomic E-state index is 0.0177. The average Bonchev–Trinajstić information content (AvgIpc) is 3.29. The number of carbonyl (C=O) groups excluding carboxylic acids is 2. The lowest BCUT2D eigenvalue weighted by Gasteiger charge is -2.20. The minimum Gasteiger partial charge on any atom is -0.468 e. The van der Waals surface area contributed by atoms with Crippen LogP contribution in [0.4, 0.5) is 0 Å². The van der Waals surface area contributed by atoms with Crippen LogP contribution in [0.1, 0.15) is 23.2 Å². The van der Waals surface area contributed by atoms with E-state index < -0.39 is 21.9 Å². The summed E-state index contributed by atoms with van der Waals surface area (Å²) in [5.74, 6) is -1.11. The first-order valence-electron chi connectivity index (χ1n) is 11.8. The summed E-state index contributed by atoms with van der Waals surface area (Å²) in [6.07, 6.45) is -0.0354. The highest BCUT2D eigenvalue weighted by molar-refractivity contribution is 7.89. The molecule has 0 unspecified atom stereocenters. The molecule has 0 bridgehead atoms. The monoisotopic (exact) mass is 561 g/mol. The average molecular weight is 562 g/mol. The SMILES string of the molecule is COC(=O)Cn1c(=NC(=O)c2ccc(S(=O)(=O)N(CCC#N)CCC#N)cc2)sc2c3ccccc3ccc21. The molecule has 0 saturated heterocycles. The van der Waals surface area contributed by atoms with E-state index in [0.29, 0.717) is 4.80 Å². The van der Waals surface area contributed by atoms with Crippen molar-refractivity contribution in [2.75, 3.05) is 20.2 Å². The number of fused-ring (bicyclic) bond motifs is 3. The van der Waals surface area contributed by atoms with Gasteiger partial charge in [-0.05, 0) is 35.7 Å². The summed E-state index contributed by atoms with van der Waals surface area (Å²) in [5.41, 5.74) is 0.883. The van der Waals surface area contributed by atoms with Gasteiger partial charge in [-0.2, -0.15) is 19.8 Å². The first kappa shape index (κ1) is 27.7. The van der Waals surface area contributed by atoms with Crippen molar-refractivity contribution >= 4 is 54.2 Å². The third-order valence-electron chi connectivity index (χ3n) is 5.97. The van der Waals surface area contributed by atoms with Gasteiger partial charge in [0.05, 0.1) is 34.4 Å². The summed E-state index contributed by atoms with van der Waals surface area (Å²) >= 11 is 1.27. The van der Waals surface area contributed by atoms with Crippen molar-refractivity contribution in [1.29, 1.82) is 10.5 Å². The van der Waals surface area contributed by atoms with Gasteiger partial charge in [0.2, 0.25) is 10.0 Å². The number of esters is 1. The standard InChI is InChI=1S/C27H23N5O5S2/c1-37-24(33)18-32-23-13-10-19-6-2-3-7-22(19)25(23)38-27(32)30-26(34)20-8-11-21(12-9-20)39(35,36)31(16-4-14-28)17-5-15-29/h2-3,6-13H,4-5,16-18H2,1H3. The molecule has 0 atom stereocenters. The Morgan fingerprint density at radius 1 is 1.00 bits per heavy atom. The molecule has 0 radical (unpaired) electrons. The number of benzene rings is 3. The fourth-order valence-electron chi connectivity index (χ4n) is 4.00. The van der Waals surface area contributed by atoms with Crippen LogP contribution in [0.3, 0.4) is 0 Å². The van der Waals surface area contributed by atoms with Crippen molar-refractivity contribution in [3.63, 3.8) is 0 Å². The van der Waals surface area contributed by atoms with Gasteiger partial charge in [0.15, 0.2) is 4.80 Å². The van der Waals surface area contributed by atoms with Gasteiger partial charge in [0.25, 0.3) is 5.91 Å². The van der Waals surface area contributed by atoms with E-state index in [0.717, 1.165) is 25.3 Å². The van der Waals surface area contributed by atoms with Crippen molar-refractivity contribution in [3.8, 4) is 12.1 Å². The molecule has 0 spiro atoms. The van der Waals surface area contributed by atoms with E-state index in [1.807, 2.05) is 48.5 Å². The fraction of sp³-hybridized carbons (Fsp3) is 0.222. The Morgan fingerprint density at radius 2 is 1.67 bits per heavy atom. The Kier molecular flexibility index (Phi) is 8.52. The van der Waals surface area contributed by atoms with E-state index in [4.69, 9.17) is 15.3 Å². The number of nitriles is 2. The molecule has 0 saturated carbocycles. The van der Waals surface area contributed by atoms with Crippen molar-refractivity contribution in [1.82, 2.24) is 8.87 Å². The second kappa shape index (κ2) is 12.0. The number of methoxy groups -OCH3 is 1. The summed E-state index contributed by atoms with van der Waals surface area (Å²) in [6.45, 7) is -0.228. The zero-order valence-corrected chi connectivity index (χ0v) is 22.5. The maximum atomic E-state index is 13.1. The maximum Gasteiger partial charge on any atom is 0.325 e. The Bertz CT molecular complexity index is 1790. The number of hydrogen-bond donors (Lipinski definition) is 0. The lowest BCUT2D eigenvalue weighted by atomic mass is 10.1. The molecule has 3 aromatic carbocycles. The highest BCUT2D eigenvalue weighted by Gasteiger charge is 2.24. The number of rotatable bonds is 9. The zero-order valence-electron chi connectivity index (χ0n) is 20.9. The molecule has 1 aromatic heterocycles. The second-order valence-electron chi connectivity index (χ2n) is 8.34. The molecular weight excluding hydrogens is 538 g/mol. The van der Waals surface area contributed by atoms with Crippen LogP contribution < -0.4 is 4.80 Å². The van der Waals surface area contributed by atoms with Crippen LogP contribution in [0.15, 0.2) is 70.6 Å². The number of hydrogen-bond acceptors (Lipinski definition) is 8. The van der Waals surface area contributed by atoms with Gasteiger partial charge in [0, 0.05) is 36.9 Å². The minimum atomic E-state index is -3.97. The molecule has 0 aliphatic carbocycles. The molecule has 0 N–H and O–H groups in total. The molecule has 0 aliphatic rings. The topological polar surface area (TPSA) is 146 Å². The van der Waals surface area contributed by atoms with Gasteiger partial charge < -0.3 is 9.30 Å². The first-order valence-corrected chi connectivity index (χ1v) is 14.1. The Labute approximate surface area is 228 Å². The molecule has 198 valence electrons. The Hall–Kier alpha value is -4.36. The number of thiazole rings is 1. The van der Waals surface area contributed by atoms with Gasteiger partial charge in [-0.15, -0.1) is 0 Å². The molecule has 1 amide bonds. The van der Waals surface area contributed by atoms with Gasteiger partial charge in [-0.1, -0.05) is 41.7 Å². The third kappa shape index (κ3) is 5.89. The van der Waals surface area contributed by atoms with Crippen LogP contribution >= 0.6 is 11.3 Å². The molecule has 4 aromatic rings. The Morgan fingerprint density at radius 3 is 2.31 bits per heavy atom. The van der Waals surface area contributed by atoms with Crippen molar-refractivity contribution in [2.45, 2.75) is 24.3 Å². The van der Waals surface area contributed by atoms with E-state index in [9.17, 15) is 18.0 Å². The van der Waals surface area contributed by atoms with E-state index in [2.05, 4.69) is 4.99 Å². The molecular formula is C27H23N5O5S2. The first-order chi connectivity index (χ1) is 18.8. The van der Waals surface area contributed by atoms with E-state index in [1.165, 1.54) is 42.7 Å². The summed E-state index contributed by atoms with van der Waals surface area (Å²) in [6, 6.07) is 20.7.